The number of nitrogens with one attached hydrogen (secondary N) is 2. The number of nitrogens with zero attached hydrogens (tertiary/aromatic N) is 1. The van der Waals surface area contributed by atoms with Crippen LogP contribution in [-0.4, -0.2) is 53.9 Å². The Balaban J connectivity index is 1.69. The van der Waals surface area contributed by atoms with Crippen LogP contribution in [0, 0.1) is 5.92 Å². The summed E-state index contributed by atoms with van der Waals surface area (Å²) in [5.74, 6) is 0.445. The van der Waals surface area contributed by atoms with Crippen molar-refractivity contribution in [3.63, 3.8) is 0 Å². The first-order chi connectivity index (χ1) is 9.56. The summed E-state index contributed by atoms with van der Waals surface area (Å²) in [6.45, 7) is 6.76. The van der Waals surface area contributed by atoms with Gasteiger partial charge in [0, 0.05) is 25.2 Å². The number of fused-ring (bicyclic) bond motifs is 1. The Morgan fingerprint density at radius 3 is 2.85 bits per heavy atom. The molecule has 20 heavy (non-hydrogen) atoms. The van der Waals surface area contributed by atoms with Crippen LogP contribution in [0.15, 0.2) is 0 Å². The minimum absolute atomic E-state index is 0.134. The van der Waals surface area contributed by atoms with Crippen molar-refractivity contribution >= 4 is 6.03 Å². The molecule has 5 heteroatoms. The van der Waals surface area contributed by atoms with E-state index in [2.05, 4.69) is 29.4 Å². The number of hydrogen-bond acceptors (Lipinski definition) is 3. The molecular weight excluding hydrogens is 254 g/mol. The average molecular weight is 283 g/mol. The van der Waals surface area contributed by atoms with Crippen molar-refractivity contribution in [2.75, 3.05) is 19.6 Å². The topological polar surface area (TPSA) is 64.6 Å². The highest BCUT2D eigenvalue weighted by Gasteiger charge is 2.36. The van der Waals surface area contributed by atoms with Gasteiger partial charge in [-0.25, -0.2) is 4.79 Å². The minimum atomic E-state index is -0.449. The largest absolute Gasteiger partial charge is 0.391 e. The van der Waals surface area contributed by atoms with E-state index >= 15 is 0 Å². The van der Waals surface area contributed by atoms with E-state index in [0.29, 0.717) is 18.5 Å². The zero-order valence-electron chi connectivity index (χ0n) is 12.8. The van der Waals surface area contributed by atoms with E-state index in [4.69, 9.17) is 0 Å². The van der Waals surface area contributed by atoms with Crippen molar-refractivity contribution < 1.29 is 9.90 Å². The molecule has 2 amide bonds. The third kappa shape index (κ3) is 4.35. The molecule has 0 saturated carbocycles. The van der Waals surface area contributed by atoms with Crippen molar-refractivity contribution in [1.82, 2.24) is 15.5 Å². The van der Waals surface area contributed by atoms with Gasteiger partial charge in [-0.3, -0.25) is 4.90 Å². The summed E-state index contributed by atoms with van der Waals surface area (Å²) in [6, 6.07) is 0.665. The molecule has 3 atom stereocenters. The monoisotopic (exact) mass is 283 g/mol. The second kappa shape index (κ2) is 7.27. The summed E-state index contributed by atoms with van der Waals surface area (Å²) in [7, 11) is 0. The Labute approximate surface area is 122 Å². The molecule has 3 N–H and O–H groups in total. The normalized spacial score (nSPS) is 28.2. The molecule has 0 radical (unpaired) electrons. The lowest BCUT2D eigenvalue weighted by Gasteiger charge is -2.32. The zero-order chi connectivity index (χ0) is 14.5. The second-order valence-corrected chi connectivity index (χ2v) is 6.63. The van der Waals surface area contributed by atoms with Gasteiger partial charge in [0.1, 0.15) is 0 Å². The summed E-state index contributed by atoms with van der Waals surface area (Å²) < 4.78 is 0. The van der Waals surface area contributed by atoms with Crippen LogP contribution in [0.2, 0.25) is 0 Å². The molecule has 0 aromatic rings. The maximum atomic E-state index is 11.9. The fourth-order valence-electron chi connectivity index (χ4n) is 3.47. The molecular formula is C15H29N3O2. The average Bonchev–Trinajstić information content (AvgIpc) is 2.79. The molecule has 2 fully saturated rings. The molecule has 116 valence electrons. The Bertz CT molecular complexity index is 322. The Morgan fingerprint density at radius 2 is 2.10 bits per heavy atom. The standard InChI is InChI=1S/C15H29N3O2/c1-11(2)9-12(19)10-16-15(20)17-13-6-8-18-7-4-3-5-14(13)18/h11-14,19H,3-10H2,1-2H3,(H2,16,17,20). The maximum Gasteiger partial charge on any atom is 0.315 e. The van der Waals surface area contributed by atoms with Gasteiger partial charge in [-0.05, 0) is 38.1 Å². The molecule has 0 bridgehead atoms. The summed E-state index contributed by atoms with van der Waals surface area (Å²) in [5.41, 5.74) is 0. The van der Waals surface area contributed by atoms with Gasteiger partial charge in [0.05, 0.1) is 6.10 Å². The zero-order valence-corrected chi connectivity index (χ0v) is 12.8. The highest BCUT2D eigenvalue weighted by molar-refractivity contribution is 5.74. The highest BCUT2D eigenvalue weighted by Crippen LogP contribution is 2.26. The number of amides is 2. The second-order valence-electron chi connectivity index (χ2n) is 6.63. The van der Waals surface area contributed by atoms with Crippen molar-refractivity contribution in [2.24, 2.45) is 5.92 Å². The van der Waals surface area contributed by atoms with Gasteiger partial charge in [-0.2, -0.15) is 0 Å². The van der Waals surface area contributed by atoms with Crippen LogP contribution in [0.4, 0.5) is 4.79 Å². The molecule has 2 aliphatic heterocycles. The van der Waals surface area contributed by atoms with E-state index in [9.17, 15) is 9.90 Å². The van der Waals surface area contributed by atoms with Gasteiger partial charge < -0.3 is 15.7 Å². The van der Waals surface area contributed by atoms with E-state index in [1.165, 1.54) is 25.8 Å². The Hall–Kier alpha value is -0.810. The van der Waals surface area contributed by atoms with Crippen molar-refractivity contribution in [1.29, 1.82) is 0 Å². The van der Waals surface area contributed by atoms with Gasteiger partial charge in [-0.15, -0.1) is 0 Å². The Morgan fingerprint density at radius 1 is 1.30 bits per heavy atom. The van der Waals surface area contributed by atoms with Crippen molar-refractivity contribution in [2.45, 2.75) is 64.1 Å². The van der Waals surface area contributed by atoms with Crippen LogP contribution in [0.3, 0.4) is 0 Å². The van der Waals surface area contributed by atoms with E-state index in [1.807, 2.05) is 0 Å². The van der Waals surface area contributed by atoms with E-state index < -0.39 is 6.10 Å². The predicted octanol–water partition coefficient (Wildman–Crippen LogP) is 1.32. The molecule has 2 rings (SSSR count). The van der Waals surface area contributed by atoms with E-state index in [-0.39, 0.29) is 12.1 Å². The van der Waals surface area contributed by atoms with Crippen LogP contribution in [0.1, 0.15) is 46.0 Å². The van der Waals surface area contributed by atoms with E-state index in [1.54, 1.807) is 0 Å². The van der Waals surface area contributed by atoms with E-state index in [0.717, 1.165) is 19.4 Å². The molecule has 0 aliphatic carbocycles. The Kier molecular flexibility index (Phi) is 5.66. The lowest BCUT2D eigenvalue weighted by molar-refractivity contribution is 0.145. The number of carbonyl (C=O) groups is 1. The number of piperidine rings is 1. The van der Waals surface area contributed by atoms with Gasteiger partial charge in [0.15, 0.2) is 0 Å². The molecule has 5 nitrogen and oxygen atoms in total. The van der Waals surface area contributed by atoms with Crippen LogP contribution in [0.25, 0.3) is 0 Å². The number of carbonyl (C=O) groups excluding carboxylic acids is 1. The van der Waals surface area contributed by atoms with Crippen molar-refractivity contribution in [3.05, 3.63) is 0 Å². The summed E-state index contributed by atoms with van der Waals surface area (Å²) >= 11 is 0. The number of aliphatic hydroxyl groups excluding tert-OH is 1. The third-order valence-electron chi connectivity index (χ3n) is 4.41. The fraction of sp³-hybridized carbons (Fsp3) is 0.933. The molecule has 0 aromatic heterocycles. The fourth-order valence-corrected chi connectivity index (χ4v) is 3.47. The van der Waals surface area contributed by atoms with Gasteiger partial charge in [-0.1, -0.05) is 20.3 Å². The van der Waals surface area contributed by atoms with Gasteiger partial charge >= 0.3 is 6.03 Å². The van der Waals surface area contributed by atoms with Crippen LogP contribution in [0.5, 0.6) is 0 Å². The maximum absolute atomic E-state index is 11.9. The van der Waals surface area contributed by atoms with Crippen LogP contribution < -0.4 is 10.6 Å². The smallest absolute Gasteiger partial charge is 0.315 e. The first-order valence-electron chi connectivity index (χ1n) is 8.02. The lowest BCUT2D eigenvalue weighted by Crippen LogP contribution is -2.50. The lowest BCUT2D eigenvalue weighted by atomic mass is 9.99. The van der Waals surface area contributed by atoms with Crippen LogP contribution in [-0.2, 0) is 0 Å². The summed E-state index contributed by atoms with van der Waals surface area (Å²) in [4.78, 5) is 14.4. The number of hydrogen-bond donors (Lipinski definition) is 3. The van der Waals surface area contributed by atoms with Crippen molar-refractivity contribution in [3.8, 4) is 0 Å². The molecule has 0 spiro atoms. The number of rotatable bonds is 5. The molecule has 2 aliphatic rings. The van der Waals surface area contributed by atoms with Gasteiger partial charge in [0.25, 0.3) is 0 Å². The number of urea groups is 1. The molecule has 2 heterocycles. The third-order valence-corrected chi connectivity index (χ3v) is 4.41. The highest BCUT2D eigenvalue weighted by atomic mass is 16.3. The number of aliphatic hydroxyl groups is 1. The molecule has 2 saturated heterocycles. The summed E-state index contributed by atoms with van der Waals surface area (Å²) in [6.07, 6.45) is 5.08. The van der Waals surface area contributed by atoms with Crippen LogP contribution >= 0.6 is 0 Å². The first kappa shape index (κ1) is 15.6. The quantitative estimate of drug-likeness (QED) is 0.713. The first-order valence-corrected chi connectivity index (χ1v) is 8.02. The summed E-state index contributed by atoms with van der Waals surface area (Å²) in [5, 5.41) is 15.6. The predicted molar refractivity (Wildman–Crippen MR) is 79.6 cm³/mol. The minimum Gasteiger partial charge on any atom is -0.391 e. The van der Waals surface area contributed by atoms with Gasteiger partial charge in [0.2, 0.25) is 0 Å². The molecule has 0 aromatic carbocycles. The SMILES string of the molecule is CC(C)CC(O)CNC(=O)NC1CCN2CCCCC12. The molecule has 3 unspecified atom stereocenters.